The van der Waals surface area contributed by atoms with E-state index in [1.165, 1.54) is 11.8 Å². The molecule has 1 aromatic rings. The summed E-state index contributed by atoms with van der Waals surface area (Å²) in [6.45, 7) is 0.691. The van der Waals surface area contributed by atoms with E-state index in [2.05, 4.69) is 4.99 Å². The SMILES string of the molecule is Oc1cccc2c1SC=NC2. The Balaban J connectivity index is 2.54. The van der Waals surface area contributed by atoms with Crippen LogP contribution in [0.2, 0.25) is 0 Å². The van der Waals surface area contributed by atoms with Gasteiger partial charge >= 0.3 is 0 Å². The summed E-state index contributed by atoms with van der Waals surface area (Å²) in [5, 5.41) is 9.37. The van der Waals surface area contributed by atoms with Crippen LogP contribution in [0.15, 0.2) is 28.1 Å². The minimum Gasteiger partial charge on any atom is -0.507 e. The maximum absolute atomic E-state index is 9.37. The van der Waals surface area contributed by atoms with Crippen molar-refractivity contribution in [3.8, 4) is 5.75 Å². The van der Waals surface area contributed by atoms with Crippen LogP contribution >= 0.6 is 11.8 Å². The van der Waals surface area contributed by atoms with Gasteiger partial charge in [0.05, 0.1) is 17.0 Å². The molecule has 0 aromatic heterocycles. The number of hydrogen-bond acceptors (Lipinski definition) is 3. The molecule has 2 nitrogen and oxygen atoms in total. The molecule has 0 spiro atoms. The van der Waals surface area contributed by atoms with E-state index in [4.69, 9.17) is 0 Å². The van der Waals surface area contributed by atoms with E-state index in [9.17, 15) is 5.11 Å². The fraction of sp³-hybridized carbons (Fsp3) is 0.125. The highest BCUT2D eigenvalue weighted by molar-refractivity contribution is 8.12. The van der Waals surface area contributed by atoms with Crippen LogP contribution < -0.4 is 0 Å². The molecule has 3 heteroatoms. The van der Waals surface area contributed by atoms with E-state index >= 15 is 0 Å². The fourth-order valence-electron chi connectivity index (χ4n) is 1.06. The van der Waals surface area contributed by atoms with Crippen molar-refractivity contribution in [2.24, 2.45) is 4.99 Å². The minimum atomic E-state index is 0.360. The second-order valence-electron chi connectivity index (χ2n) is 2.33. The normalized spacial score (nSPS) is 14.5. The summed E-state index contributed by atoms with van der Waals surface area (Å²) < 4.78 is 0. The monoisotopic (exact) mass is 165 g/mol. The molecule has 1 aliphatic heterocycles. The van der Waals surface area contributed by atoms with E-state index in [1.54, 1.807) is 11.6 Å². The largest absolute Gasteiger partial charge is 0.507 e. The van der Waals surface area contributed by atoms with Crippen molar-refractivity contribution in [2.45, 2.75) is 11.4 Å². The molecule has 0 radical (unpaired) electrons. The van der Waals surface area contributed by atoms with Crippen LogP contribution in [0.5, 0.6) is 5.75 Å². The predicted octanol–water partition coefficient (Wildman–Crippen LogP) is 2.03. The number of phenols is 1. The molecule has 56 valence electrons. The second-order valence-corrected chi connectivity index (χ2v) is 3.18. The maximum Gasteiger partial charge on any atom is 0.129 e. The van der Waals surface area contributed by atoms with Crippen molar-refractivity contribution in [1.82, 2.24) is 0 Å². The molecule has 0 amide bonds. The zero-order valence-electron chi connectivity index (χ0n) is 5.82. The van der Waals surface area contributed by atoms with Gasteiger partial charge in [-0.25, -0.2) is 0 Å². The first-order chi connectivity index (χ1) is 5.38. The zero-order chi connectivity index (χ0) is 7.68. The van der Waals surface area contributed by atoms with Gasteiger partial charge in [0.15, 0.2) is 0 Å². The average molecular weight is 165 g/mol. The highest BCUT2D eigenvalue weighted by Gasteiger charge is 2.09. The summed E-state index contributed by atoms with van der Waals surface area (Å²) in [6.07, 6.45) is 0. The number of thioether (sulfide) groups is 1. The molecule has 1 aromatic carbocycles. The van der Waals surface area contributed by atoms with E-state index in [0.717, 1.165) is 10.5 Å². The van der Waals surface area contributed by atoms with Gasteiger partial charge in [0.25, 0.3) is 0 Å². The van der Waals surface area contributed by atoms with Crippen molar-refractivity contribution in [3.63, 3.8) is 0 Å². The summed E-state index contributed by atoms with van der Waals surface area (Å²) in [6, 6.07) is 5.53. The molecule has 1 N–H and O–H groups in total. The number of fused-ring (bicyclic) bond motifs is 1. The van der Waals surface area contributed by atoms with Gasteiger partial charge in [0, 0.05) is 0 Å². The molecule has 1 aliphatic rings. The van der Waals surface area contributed by atoms with Gasteiger partial charge in [0.2, 0.25) is 0 Å². The third-order valence-electron chi connectivity index (χ3n) is 1.58. The first kappa shape index (κ1) is 6.73. The Bertz CT molecular complexity index is 309. The summed E-state index contributed by atoms with van der Waals surface area (Å²) in [4.78, 5) is 5.03. The Morgan fingerprint density at radius 1 is 1.45 bits per heavy atom. The van der Waals surface area contributed by atoms with Crippen molar-refractivity contribution < 1.29 is 5.11 Å². The molecule has 0 aliphatic carbocycles. The Labute approximate surface area is 69.0 Å². The van der Waals surface area contributed by atoms with E-state index < -0.39 is 0 Å². The topological polar surface area (TPSA) is 32.6 Å². The van der Waals surface area contributed by atoms with Gasteiger partial charge in [-0.3, -0.25) is 4.99 Å². The molecule has 11 heavy (non-hydrogen) atoms. The Kier molecular flexibility index (Phi) is 1.58. The van der Waals surface area contributed by atoms with Crippen molar-refractivity contribution in [1.29, 1.82) is 0 Å². The summed E-state index contributed by atoms with van der Waals surface area (Å²) in [5.74, 6) is 0.360. The lowest BCUT2D eigenvalue weighted by Gasteiger charge is -2.09. The van der Waals surface area contributed by atoms with Crippen molar-refractivity contribution >= 4 is 17.3 Å². The molecule has 0 unspecified atom stereocenters. The van der Waals surface area contributed by atoms with Crippen LogP contribution in [0.4, 0.5) is 0 Å². The lowest BCUT2D eigenvalue weighted by molar-refractivity contribution is 0.461. The highest BCUT2D eigenvalue weighted by atomic mass is 32.2. The first-order valence-electron chi connectivity index (χ1n) is 3.34. The number of hydrogen-bond donors (Lipinski definition) is 1. The van der Waals surface area contributed by atoms with Gasteiger partial charge in [0.1, 0.15) is 5.75 Å². The van der Waals surface area contributed by atoms with E-state index in [1.807, 2.05) is 12.1 Å². The molecule has 0 saturated carbocycles. The third-order valence-corrected chi connectivity index (χ3v) is 2.54. The van der Waals surface area contributed by atoms with Crippen LogP contribution in [-0.2, 0) is 6.54 Å². The molecular formula is C8H7NOS. The average Bonchev–Trinajstić information content (AvgIpc) is 2.06. The summed E-state index contributed by atoms with van der Waals surface area (Å²) >= 11 is 1.47. The van der Waals surface area contributed by atoms with E-state index in [0.29, 0.717) is 12.3 Å². The summed E-state index contributed by atoms with van der Waals surface area (Å²) in [7, 11) is 0. The molecule has 0 atom stereocenters. The Morgan fingerprint density at radius 3 is 3.18 bits per heavy atom. The molecule has 0 fully saturated rings. The lowest BCUT2D eigenvalue weighted by atomic mass is 10.2. The standard InChI is InChI=1S/C8H7NOS/c10-7-3-1-2-6-4-9-5-11-8(6)7/h1-3,5,10H,4H2. The number of benzene rings is 1. The van der Waals surface area contributed by atoms with Crippen LogP contribution in [0, 0.1) is 0 Å². The highest BCUT2D eigenvalue weighted by Crippen LogP contribution is 2.33. The quantitative estimate of drug-likeness (QED) is 0.638. The van der Waals surface area contributed by atoms with Crippen molar-refractivity contribution in [3.05, 3.63) is 23.8 Å². The van der Waals surface area contributed by atoms with Gasteiger partial charge in [-0.05, 0) is 11.6 Å². The second kappa shape index (κ2) is 2.58. The Hall–Kier alpha value is -0.960. The van der Waals surface area contributed by atoms with Gasteiger partial charge in [-0.2, -0.15) is 0 Å². The van der Waals surface area contributed by atoms with E-state index in [-0.39, 0.29) is 0 Å². The summed E-state index contributed by atoms with van der Waals surface area (Å²) in [5.41, 5.74) is 2.87. The fourth-order valence-corrected chi connectivity index (χ4v) is 1.78. The van der Waals surface area contributed by atoms with Gasteiger partial charge in [-0.15, -0.1) is 0 Å². The van der Waals surface area contributed by atoms with Gasteiger partial charge < -0.3 is 5.11 Å². The Morgan fingerprint density at radius 2 is 2.36 bits per heavy atom. The number of aliphatic imine (C=N–C) groups is 1. The number of aromatic hydroxyl groups is 1. The molecule has 0 saturated heterocycles. The maximum atomic E-state index is 9.37. The minimum absolute atomic E-state index is 0.360. The smallest absolute Gasteiger partial charge is 0.129 e. The van der Waals surface area contributed by atoms with Crippen LogP contribution in [0.1, 0.15) is 5.56 Å². The molecular weight excluding hydrogens is 158 g/mol. The lowest BCUT2D eigenvalue weighted by Crippen LogP contribution is -1.91. The predicted molar refractivity (Wildman–Crippen MR) is 46.2 cm³/mol. The van der Waals surface area contributed by atoms with Crippen LogP contribution in [0.3, 0.4) is 0 Å². The zero-order valence-corrected chi connectivity index (χ0v) is 6.64. The first-order valence-corrected chi connectivity index (χ1v) is 4.22. The molecule has 1 heterocycles. The number of nitrogens with zero attached hydrogens (tertiary/aromatic N) is 1. The third kappa shape index (κ3) is 1.12. The number of phenolic OH excluding ortho intramolecular Hbond substituents is 1. The number of rotatable bonds is 0. The molecule has 0 bridgehead atoms. The molecule has 2 rings (SSSR count). The van der Waals surface area contributed by atoms with Gasteiger partial charge in [-0.1, -0.05) is 23.9 Å². The van der Waals surface area contributed by atoms with Crippen molar-refractivity contribution in [2.75, 3.05) is 0 Å². The van der Waals surface area contributed by atoms with Crippen LogP contribution in [-0.4, -0.2) is 10.7 Å². The van der Waals surface area contributed by atoms with Crippen LogP contribution in [0.25, 0.3) is 0 Å².